The average Bonchev–Trinajstić information content (AvgIpc) is 2.96. The van der Waals surface area contributed by atoms with Gasteiger partial charge in [0.1, 0.15) is 12.4 Å². The van der Waals surface area contributed by atoms with Gasteiger partial charge in [-0.3, -0.25) is 4.90 Å². The van der Waals surface area contributed by atoms with E-state index in [0.29, 0.717) is 36.4 Å². The van der Waals surface area contributed by atoms with E-state index in [4.69, 9.17) is 14.6 Å². The minimum Gasteiger partial charge on any atom is -0.493 e. The van der Waals surface area contributed by atoms with Crippen molar-refractivity contribution >= 4 is 0 Å². The van der Waals surface area contributed by atoms with Crippen LogP contribution in [0.4, 0.5) is 4.39 Å². The molecule has 2 aliphatic rings. The average molecular weight is 401 g/mol. The summed E-state index contributed by atoms with van der Waals surface area (Å²) in [5, 5.41) is 20.2. The lowest BCUT2D eigenvalue weighted by molar-refractivity contribution is -0.0595. The van der Waals surface area contributed by atoms with E-state index in [1.165, 1.54) is 12.1 Å². The van der Waals surface area contributed by atoms with Crippen LogP contribution < -0.4 is 9.47 Å². The van der Waals surface area contributed by atoms with Gasteiger partial charge in [0.05, 0.1) is 19.3 Å². The molecule has 0 aliphatic carbocycles. The SMILES string of the molecule is COc1cc(CN2[C@@H]3CC[C@@H]2CC(O)(c2ccc(F)cc2)C3)ccc1OCCO. The van der Waals surface area contributed by atoms with Crippen LogP contribution in [0.2, 0.25) is 0 Å². The van der Waals surface area contributed by atoms with Gasteiger partial charge < -0.3 is 19.7 Å². The summed E-state index contributed by atoms with van der Waals surface area (Å²) in [5.41, 5.74) is 1.04. The molecule has 2 N–H and O–H groups in total. The molecule has 2 saturated heterocycles. The third-order valence-corrected chi connectivity index (χ3v) is 6.24. The number of hydrogen-bond acceptors (Lipinski definition) is 5. The number of nitrogens with zero attached hydrogens (tertiary/aromatic N) is 1. The molecular formula is C23H28FNO4. The summed E-state index contributed by atoms with van der Waals surface area (Å²) >= 11 is 0. The number of benzene rings is 2. The number of fused-ring (bicyclic) bond motifs is 2. The van der Waals surface area contributed by atoms with Crippen molar-refractivity contribution in [2.24, 2.45) is 0 Å². The zero-order chi connectivity index (χ0) is 20.4. The Balaban J connectivity index is 1.48. The smallest absolute Gasteiger partial charge is 0.161 e. The monoisotopic (exact) mass is 401 g/mol. The Bertz CT molecular complexity index is 827. The minimum atomic E-state index is -0.893. The number of hydrogen-bond donors (Lipinski definition) is 2. The van der Waals surface area contributed by atoms with E-state index in [1.807, 2.05) is 18.2 Å². The third-order valence-electron chi connectivity index (χ3n) is 6.24. The maximum absolute atomic E-state index is 13.3. The summed E-state index contributed by atoms with van der Waals surface area (Å²) in [5.74, 6) is 0.999. The van der Waals surface area contributed by atoms with E-state index in [0.717, 1.165) is 30.5 Å². The van der Waals surface area contributed by atoms with E-state index >= 15 is 0 Å². The van der Waals surface area contributed by atoms with Crippen LogP contribution in [0.15, 0.2) is 42.5 Å². The Morgan fingerprint density at radius 3 is 2.38 bits per heavy atom. The van der Waals surface area contributed by atoms with Crippen molar-refractivity contribution in [2.75, 3.05) is 20.3 Å². The van der Waals surface area contributed by atoms with Crippen LogP contribution in [0.25, 0.3) is 0 Å². The molecule has 0 amide bonds. The van der Waals surface area contributed by atoms with E-state index < -0.39 is 5.60 Å². The van der Waals surface area contributed by atoms with Gasteiger partial charge in [-0.05, 0) is 61.1 Å². The topological polar surface area (TPSA) is 62.2 Å². The van der Waals surface area contributed by atoms with Gasteiger partial charge in [-0.1, -0.05) is 18.2 Å². The number of ether oxygens (including phenoxy) is 2. The summed E-state index contributed by atoms with van der Waals surface area (Å²) in [6.07, 6.45) is 3.43. The molecule has 0 radical (unpaired) electrons. The van der Waals surface area contributed by atoms with E-state index in [-0.39, 0.29) is 19.0 Å². The number of aliphatic hydroxyl groups excluding tert-OH is 1. The second-order valence-electron chi connectivity index (χ2n) is 8.06. The number of methoxy groups -OCH3 is 1. The summed E-state index contributed by atoms with van der Waals surface area (Å²) in [6, 6.07) is 12.7. The standard InChI is InChI=1S/C23H28FNO4/c1-28-22-12-16(2-9-21(22)29-11-10-26)15-25-19-7-8-20(25)14-23(27,13-19)17-3-5-18(24)6-4-17/h2-6,9,12,19-20,26-27H,7-8,10-11,13-15H2,1H3/t19-,20-/m1/s1. The highest BCUT2D eigenvalue weighted by atomic mass is 19.1. The molecule has 2 aliphatic heterocycles. The Hall–Kier alpha value is -2.15. The van der Waals surface area contributed by atoms with Gasteiger partial charge in [0, 0.05) is 18.6 Å². The van der Waals surface area contributed by atoms with Crippen LogP contribution in [0, 0.1) is 5.82 Å². The molecule has 2 aromatic rings. The Morgan fingerprint density at radius 1 is 1.07 bits per heavy atom. The van der Waals surface area contributed by atoms with Crippen LogP contribution in [0.1, 0.15) is 36.8 Å². The van der Waals surface area contributed by atoms with Crippen molar-refractivity contribution in [3.05, 3.63) is 59.4 Å². The minimum absolute atomic E-state index is 0.0427. The molecule has 2 fully saturated rings. The van der Waals surface area contributed by atoms with Crippen LogP contribution in [0.5, 0.6) is 11.5 Å². The summed E-state index contributed by atoms with van der Waals surface area (Å²) in [4.78, 5) is 2.47. The van der Waals surface area contributed by atoms with E-state index in [9.17, 15) is 9.50 Å². The highest BCUT2D eigenvalue weighted by Crippen LogP contribution is 2.46. The fourth-order valence-corrected chi connectivity index (χ4v) is 4.87. The second kappa shape index (κ2) is 8.30. The molecular weight excluding hydrogens is 373 g/mol. The quantitative estimate of drug-likeness (QED) is 0.746. The first-order valence-electron chi connectivity index (χ1n) is 10.2. The van der Waals surface area contributed by atoms with Crippen molar-refractivity contribution in [2.45, 2.75) is 49.9 Å². The predicted molar refractivity (Wildman–Crippen MR) is 107 cm³/mol. The van der Waals surface area contributed by atoms with Crippen LogP contribution in [-0.2, 0) is 12.1 Å². The van der Waals surface area contributed by atoms with Crippen molar-refractivity contribution < 1.29 is 24.1 Å². The van der Waals surface area contributed by atoms with Gasteiger partial charge in [0.15, 0.2) is 11.5 Å². The van der Waals surface area contributed by atoms with Gasteiger partial charge in [0.25, 0.3) is 0 Å². The molecule has 0 saturated carbocycles. The van der Waals surface area contributed by atoms with Gasteiger partial charge in [-0.25, -0.2) is 4.39 Å². The molecule has 156 valence electrons. The number of piperidine rings is 1. The summed E-state index contributed by atoms with van der Waals surface area (Å²) < 4.78 is 24.2. The van der Waals surface area contributed by atoms with Crippen molar-refractivity contribution in [3.63, 3.8) is 0 Å². The maximum Gasteiger partial charge on any atom is 0.161 e. The lowest BCUT2D eigenvalue weighted by Gasteiger charge is -2.44. The first-order valence-corrected chi connectivity index (χ1v) is 10.2. The van der Waals surface area contributed by atoms with Crippen LogP contribution in [-0.4, -0.2) is 47.5 Å². The molecule has 2 bridgehead atoms. The zero-order valence-corrected chi connectivity index (χ0v) is 16.7. The van der Waals surface area contributed by atoms with Crippen molar-refractivity contribution in [1.29, 1.82) is 0 Å². The van der Waals surface area contributed by atoms with Crippen LogP contribution >= 0.6 is 0 Å². The Morgan fingerprint density at radius 2 is 1.76 bits per heavy atom. The Labute approximate surface area is 170 Å². The van der Waals surface area contributed by atoms with Gasteiger partial charge in [-0.2, -0.15) is 0 Å². The largest absolute Gasteiger partial charge is 0.493 e. The molecule has 2 atom stereocenters. The fourth-order valence-electron chi connectivity index (χ4n) is 4.87. The van der Waals surface area contributed by atoms with Crippen LogP contribution in [0.3, 0.4) is 0 Å². The first kappa shape index (κ1) is 20.1. The molecule has 0 aromatic heterocycles. The predicted octanol–water partition coefficient (Wildman–Crippen LogP) is 3.22. The van der Waals surface area contributed by atoms with E-state index in [1.54, 1.807) is 19.2 Å². The third kappa shape index (κ3) is 4.10. The van der Waals surface area contributed by atoms with Crippen molar-refractivity contribution in [1.82, 2.24) is 4.90 Å². The lowest BCUT2D eigenvalue weighted by atomic mass is 9.80. The fraction of sp³-hybridized carbons (Fsp3) is 0.478. The van der Waals surface area contributed by atoms with Gasteiger partial charge in [-0.15, -0.1) is 0 Å². The Kier molecular flexibility index (Phi) is 5.76. The molecule has 29 heavy (non-hydrogen) atoms. The molecule has 0 unspecified atom stereocenters. The first-order chi connectivity index (χ1) is 14.0. The normalized spacial score (nSPS) is 26.5. The van der Waals surface area contributed by atoms with E-state index in [2.05, 4.69) is 4.90 Å². The molecule has 0 spiro atoms. The lowest BCUT2D eigenvalue weighted by Crippen LogP contribution is -2.49. The molecule has 2 heterocycles. The highest BCUT2D eigenvalue weighted by Gasteiger charge is 2.48. The second-order valence-corrected chi connectivity index (χ2v) is 8.06. The van der Waals surface area contributed by atoms with Gasteiger partial charge in [0.2, 0.25) is 0 Å². The molecule has 5 nitrogen and oxygen atoms in total. The molecule has 4 rings (SSSR count). The number of halogens is 1. The number of rotatable bonds is 7. The summed E-state index contributed by atoms with van der Waals surface area (Å²) in [6.45, 7) is 0.971. The summed E-state index contributed by atoms with van der Waals surface area (Å²) in [7, 11) is 1.61. The maximum atomic E-state index is 13.3. The van der Waals surface area contributed by atoms with Gasteiger partial charge >= 0.3 is 0 Å². The zero-order valence-electron chi connectivity index (χ0n) is 16.7. The molecule has 6 heteroatoms. The number of aliphatic hydroxyl groups is 2. The molecule has 2 aromatic carbocycles. The van der Waals surface area contributed by atoms with Crippen molar-refractivity contribution in [3.8, 4) is 11.5 Å². The highest BCUT2D eigenvalue weighted by molar-refractivity contribution is 5.43.